The van der Waals surface area contributed by atoms with Crippen molar-refractivity contribution in [1.82, 2.24) is 10.2 Å². The molecule has 4 nitrogen and oxygen atoms in total. The molecular formula is C9H17N3O. The smallest absolute Gasteiger partial charge is 0.315 e. The molecule has 74 valence electrons. The number of nitrogens with two attached hydrogens (primary N) is 1. The number of hydrogen-bond acceptors (Lipinski definition) is 2. The zero-order valence-electron chi connectivity index (χ0n) is 8.05. The molecule has 1 unspecified atom stereocenters. The third-order valence-corrected chi connectivity index (χ3v) is 3.72. The van der Waals surface area contributed by atoms with Crippen LogP contribution in [0, 0.1) is 5.41 Å². The first-order chi connectivity index (χ1) is 6.16. The molecule has 0 aromatic rings. The maximum atomic E-state index is 11.0. The SMILES string of the molecule is CC1N(C(N)=O)CC12CCNCC2. The Kier molecular flexibility index (Phi) is 1.95. The third-order valence-electron chi connectivity index (χ3n) is 3.72. The van der Waals surface area contributed by atoms with Gasteiger partial charge in [0.25, 0.3) is 0 Å². The molecule has 2 aliphatic rings. The highest BCUT2D eigenvalue weighted by molar-refractivity contribution is 5.73. The monoisotopic (exact) mass is 183 g/mol. The summed E-state index contributed by atoms with van der Waals surface area (Å²) in [5, 5.41) is 3.34. The van der Waals surface area contributed by atoms with Crippen molar-refractivity contribution in [3.63, 3.8) is 0 Å². The van der Waals surface area contributed by atoms with Crippen LogP contribution >= 0.6 is 0 Å². The molecule has 13 heavy (non-hydrogen) atoms. The average molecular weight is 183 g/mol. The standard InChI is InChI=1S/C9H17N3O/c1-7-9(2-4-11-5-3-9)6-12(7)8(10)13/h7,11H,2-6H2,1H3,(H2,10,13). The Hall–Kier alpha value is -0.770. The summed E-state index contributed by atoms with van der Waals surface area (Å²) in [6.45, 7) is 5.14. The van der Waals surface area contributed by atoms with Crippen molar-refractivity contribution < 1.29 is 4.79 Å². The molecule has 1 spiro atoms. The van der Waals surface area contributed by atoms with E-state index in [1.54, 1.807) is 4.90 Å². The minimum atomic E-state index is -0.267. The molecule has 0 bridgehead atoms. The Balaban J connectivity index is 2.00. The second-order valence-corrected chi connectivity index (χ2v) is 4.25. The predicted octanol–water partition coefficient (Wildman–Crippen LogP) is 0.139. The Morgan fingerprint density at radius 2 is 2.15 bits per heavy atom. The van der Waals surface area contributed by atoms with Crippen LogP contribution in [0.3, 0.4) is 0 Å². The summed E-state index contributed by atoms with van der Waals surface area (Å²) in [5.41, 5.74) is 5.62. The molecule has 2 saturated heterocycles. The predicted molar refractivity (Wildman–Crippen MR) is 50.3 cm³/mol. The van der Waals surface area contributed by atoms with E-state index < -0.39 is 0 Å². The first-order valence-electron chi connectivity index (χ1n) is 4.92. The summed E-state index contributed by atoms with van der Waals surface area (Å²) < 4.78 is 0. The van der Waals surface area contributed by atoms with Gasteiger partial charge in [-0.25, -0.2) is 4.79 Å². The van der Waals surface area contributed by atoms with Crippen molar-refractivity contribution >= 4 is 6.03 Å². The second kappa shape index (κ2) is 2.87. The molecule has 0 aromatic carbocycles. The molecule has 0 aliphatic carbocycles. The zero-order valence-corrected chi connectivity index (χ0v) is 8.05. The van der Waals surface area contributed by atoms with Crippen LogP contribution in [-0.2, 0) is 0 Å². The Bertz CT molecular complexity index is 223. The maximum Gasteiger partial charge on any atom is 0.315 e. The van der Waals surface area contributed by atoms with Crippen molar-refractivity contribution in [1.29, 1.82) is 0 Å². The summed E-state index contributed by atoms with van der Waals surface area (Å²) >= 11 is 0. The van der Waals surface area contributed by atoms with Crippen molar-refractivity contribution in [3.8, 4) is 0 Å². The van der Waals surface area contributed by atoms with E-state index >= 15 is 0 Å². The minimum Gasteiger partial charge on any atom is -0.351 e. The van der Waals surface area contributed by atoms with Crippen molar-refractivity contribution in [2.24, 2.45) is 11.1 Å². The number of rotatable bonds is 0. The lowest BCUT2D eigenvalue weighted by atomic mass is 9.66. The molecule has 0 saturated carbocycles. The first kappa shape index (κ1) is 8.81. The van der Waals surface area contributed by atoms with Gasteiger partial charge in [0.1, 0.15) is 0 Å². The minimum absolute atomic E-state index is 0.267. The number of nitrogens with zero attached hydrogens (tertiary/aromatic N) is 1. The summed E-state index contributed by atoms with van der Waals surface area (Å²) in [4.78, 5) is 12.7. The van der Waals surface area contributed by atoms with E-state index in [1.807, 2.05) is 0 Å². The van der Waals surface area contributed by atoms with Crippen LogP contribution in [0.25, 0.3) is 0 Å². The molecule has 0 aromatic heterocycles. The van der Waals surface area contributed by atoms with Crippen LogP contribution in [0.15, 0.2) is 0 Å². The van der Waals surface area contributed by atoms with Gasteiger partial charge in [-0.05, 0) is 32.9 Å². The normalized spacial score (nSPS) is 31.5. The van der Waals surface area contributed by atoms with Crippen LogP contribution in [0.5, 0.6) is 0 Å². The lowest BCUT2D eigenvalue weighted by Crippen LogP contribution is -2.68. The maximum absolute atomic E-state index is 11.0. The van der Waals surface area contributed by atoms with Crippen LogP contribution in [0.4, 0.5) is 4.79 Å². The van der Waals surface area contributed by atoms with Crippen LogP contribution in [0.1, 0.15) is 19.8 Å². The second-order valence-electron chi connectivity index (χ2n) is 4.25. The van der Waals surface area contributed by atoms with Crippen LogP contribution in [0.2, 0.25) is 0 Å². The number of amides is 2. The van der Waals surface area contributed by atoms with Gasteiger partial charge < -0.3 is 16.0 Å². The quantitative estimate of drug-likeness (QED) is 0.561. The number of primary amides is 1. The lowest BCUT2D eigenvalue weighted by Gasteiger charge is -2.57. The molecule has 2 amide bonds. The van der Waals surface area contributed by atoms with Crippen LogP contribution < -0.4 is 11.1 Å². The Morgan fingerprint density at radius 3 is 2.62 bits per heavy atom. The summed E-state index contributed by atoms with van der Waals surface area (Å²) in [6, 6.07) is 0.0729. The average Bonchev–Trinajstić information content (AvgIpc) is 2.15. The van der Waals surface area contributed by atoms with Crippen molar-refractivity contribution in [3.05, 3.63) is 0 Å². The van der Waals surface area contributed by atoms with Gasteiger partial charge in [-0.1, -0.05) is 0 Å². The fraction of sp³-hybridized carbons (Fsp3) is 0.889. The number of urea groups is 1. The van der Waals surface area contributed by atoms with E-state index in [2.05, 4.69) is 12.2 Å². The lowest BCUT2D eigenvalue weighted by molar-refractivity contribution is -0.0499. The number of carbonyl (C=O) groups is 1. The van der Waals surface area contributed by atoms with Gasteiger partial charge in [0.05, 0.1) is 0 Å². The van der Waals surface area contributed by atoms with E-state index in [0.29, 0.717) is 11.5 Å². The summed E-state index contributed by atoms with van der Waals surface area (Å²) in [6.07, 6.45) is 2.36. The van der Waals surface area contributed by atoms with Gasteiger partial charge in [-0.2, -0.15) is 0 Å². The number of piperidine rings is 1. The van der Waals surface area contributed by atoms with Crippen molar-refractivity contribution in [2.75, 3.05) is 19.6 Å². The fourth-order valence-electron chi connectivity index (χ4n) is 2.60. The highest BCUT2D eigenvalue weighted by Crippen LogP contribution is 2.44. The topological polar surface area (TPSA) is 58.4 Å². The van der Waals surface area contributed by atoms with Gasteiger partial charge in [0.2, 0.25) is 0 Å². The third kappa shape index (κ3) is 1.20. The largest absolute Gasteiger partial charge is 0.351 e. The van der Waals surface area contributed by atoms with Gasteiger partial charge >= 0.3 is 6.03 Å². The fourth-order valence-corrected chi connectivity index (χ4v) is 2.60. The van der Waals surface area contributed by atoms with Gasteiger partial charge in [0.15, 0.2) is 0 Å². The summed E-state index contributed by atoms with van der Waals surface area (Å²) in [7, 11) is 0. The molecule has 2 aliphatic heterocycles. The molecule has 2 rings (SSSR count). The highest BCUT2D eigenvalue weighted by atomic mass is 16.2. The van der Waals surface area contributed by atoms with E-state index in [-0.39, 0.29) is 6.03 Å². The van der Waals surface area contributed by atoms with E-state index in [1.165, 1.54) is 12.8 Å². The Labute approximate surface area is 78.5 Å². The molecule has 2 heterocycles. The van der Waals surface area contributed by atoms with Gasteiger partial charge in [-0.15, -0.1) is 0 Å². The zero-order chi connectivity index (χ0) is 9.47. The number of hydrogen-bond donors (Lipinski definition) is 2. The van der Waals surface area contributed by atoms with E-state index in [9.17, 15) is 4.79 Å². The molecule has 2 fully saturated rings. The molecule has 4 heteroatoms. The first-order valence-corrected chi connectivity index (χ1v) is 4.92. The highest BCUT2D eigenvalue weighted by Gasteiger charge is 2.51. The number of likely N-dealkylation sites (tertiary alicyclic amines) is 1. The van der Waals surface area contributed by atoms with Crippen molar-refractivity contribution in [2.45, 2.75) is 25.8 Å². The summed E-state index contributed by atoms with van der Waals surface area (Å²) in [5.74, 6) is 0. The molecule has 3 N–H and O–H groups in total. The molecule has 1 atom stereocenters. The number of nitrogens with one attached hydrogen (secondary N) is 1. The molecule has 0 radical (unpaired) electrons. The van der Waals surface area contributed by atoms with Gasteiger partial charge in [-0.3, -0.25) is 0 Å². The van der Waals surface area contributed by atoms with E-state index in [0.717, 1.165) is 19.6 Å². The van der Waals surface area contributed by atoms with Crippen LogP contribution in [-0.4, -0.2) is 36.6 Å². The Morgan fingerprint density at radius 1 is 1.54 bits per heavy atom. The number of carbonyl (C=O) groups excluding carboxylic acids is 1. The van der Waals surface area contributed by atoms with E-state index in [4.69, 9.17) is 5.73 Å². The molecular weight excluding hydrogens is 166 g/mol. The van der Waals surface area contributed by atoms with Gasteiger partial charge in [0, 0.05) is 18.0 Å².